The van der Waals surface area contributed by atoms with Crippen LogP contribution in [0.5, 0.6) is 0 Å². The van der Waals surface area contributed by atoms with Crippen molar-refractivity contribution in [1.29, 1.82) is 0 Å². The molecule has 0 amide bonds. The van der Waals surface area contributed by atoms with Gasteiger partial charge in [-0.15, -0.1) is 0 Å². The molecule has 4 nitrogen and oxygen atoms in total. The van der Waals surface area contributed by atoms with E-state index in [0.717, 1.165) is 0 Å². The van der Waals surface area contributed by atoms with Crippen LogP contribution in [0.1, 0.15) is 41.1 Å². The van der Waals surface area contributed by atoms with Crippen molar-refractivity contribution in [2.45, 2.75) is 25.9 Å². The Bertz CT molecular complexity index is 535. The normalized spacial score (nSPS) is 21.1. The molecule has 0 fully saturated rings. The van der Waals surface area contributed by atoms with E-state index in [1.54, 1.807) is 12.1 Å². The number of pyridine rings is 1. The summed E-state index contributed by atoms with van der Waals surface area (Å²) in [6, 6.07) is 3.26. The van der Waals surface area contributed by atoms with E-state index < -0.39 is 5.60 Å². The number of ether oxygens (including phenoxy) is 1. The highest BCUT2D eigenvalue weighted by Gasteiger charge is 2.44. The maximum absolute atomic E-state index is 12.2. The standard InChI is InChI=1S/C13H11NO3/c1-13(2)6-8-10(15)9-7(4-3-5-14-9)11(16)12(8)17-13/h3-5H,6H2,1-2H3. The van der Waals surface area contributed by atoms with Crippen molar-refractivity contribution in [2.75, 3.05) is 0 Å². The second-order valence-electron chi connectivity index (χ2n) is 4.90. The highest BCUT2D eigenvalue weighted by atomic mass is 16.5. The third-order valence-corrected chi connectivity index (χ3v) is 3.00. The Balaban J connectivity index is 2.18. The van der Waals surface area contributed by atoms with Gasteiger partial charge in [-0.2, -0.15) is 0 Å². The van der Waals surface area contributed by atoms with Crippen molar-refractivity contribution < 1.29 is 14.3 Å². The molecular formula is C13H11NO3. The average molecular weight is 229 g/mol. The fourth-order valence-corrected chi connectivity index (χ4v) is 2.28. The number of aromatic nitrogens is 1. The lowest BCUT2D eigenvalue weighted by atomic mass is 9.89. The molecule has 86 valence electrons. The maximum atomic E-state index is 12.2. The topological polar surface area (TPSA) is 56.3 Å². The molecule has 0 aromatic carbocycles. The molecule has 0 saturated heterocycles. The molecule has 0 radical (unpaired) electrons. The largest absolute Gasteiger partial charge is 0.483 e. The molecule has 0 saturated carbocycles. The zero-order valence-electron chi connectivity index (χ0n) is 9.61. The van der Waals surface area contributed by atoms with E-state index in [1.807, 2.05) is 13.8 Å². The van der Waals surface area contributed by atoms with Crippen LogP contribution < -0.4 is 0 Å². The smallest absolute Gasteiger partial charge is 0.230 e. The fraction of sp³-hybridized carbons (Fsp3) is 0.308. The first-order chi connectivity index (χ1) is 7.99. The number of hydrogen-bond acceptors (Lipinski definition) is 4. The van der Waals surface area contributed by atoms with Crippen molar-refractivity contribution in [1.82, 2.24) is 4.98 Å². The van der Waals surface area contributed by atoms with Gasteiger partial charge in [0.2, 0.25) is 11.6 Å². The van der Waals surface area contributed by atoms with Gasteiger partial charge >= 0.3 is 0 Å². The minimum absolute atomic E-state index is 0.180. The summed E-state index contributed by atoms with van der Waals surface area (Å²) in [6.45, 7) is 3.73. The van der Waals surface area contributed by atoms with Crippen LogP contribution in [-0.2, 0) is 4.74 Å². The zero-order chi connectivity index (χ0) is 12.2. The van der Waals surface area contributed by atoms with Gasteiger partial charge in [0.1, 0.15) is 11.3 Å². The Labute approximate surface area is 98.3 Å². The summed E-state index contributed by atoms with van der Waals surface area (Å²) in [7, 11) is 0. The van der Waals surface area contributed by atoms with Crippen LogP contribution >= 0.6 is 0 Å². The van der Waals surface area contributed by atoms with E-state index in [1.165, 1.54) is 6.20 Å². The molecule has 0 spiro atoms. The van der Waals surface area contributed by atoms with Crippen molar-refractivity contribution >= 4 is 11.6 Å². The van der Waals surface area contributed by atoms with E-state index in [9.17, 15) is 9.59 Å². The number of fused-ring (bicyclic) bond motifs is 1. The minimum Gasteiger partial charge on any atom is -0.483 e. The van der Waals surface area contributed by atoms with Gasteiger partial charge in [-0.1, -0.05) is 0 Å². The van der Waals surface area contributed by atoms with Gasteiger partial charge in [0, 0.05) is 12.6 Å². The summed E-state index contributed by atoms with van der Waals surface area (Å²) in [5.41, 5.74) is 0.565. The fourth-order valence-electron chi connectivity index (χ4n) is 2.28. The molecule has 0 N–H and O–H groups in total. The van der Waals surface area contributed by atoms with E-state index in [0.29, 0.717) is 17.6 Å². The number of hydrogen-bond donors (Lipinski definition) is 0. The monoisotopic (exact) mass is 229 g/mol. The summed E-state index contributed by atoms with van der Waals surface area (Å²) in [5, 5.41) is 0. The SMILES string of the molecule is CC1(C)CC2=C(O1)C(=O)c1cccnc1C2=O. The zero-order valence-corrected chi connectivity index (χ0v) is 9.61. The van der Waals surface area contributed by atoms with Crippen LogP contribution in [0.2, 0.25) is 0 Å². The second kappa shape index (κ2) is 3.03. The molecule has 1 aliphatic heterocycles. The van der Waals surface area contributed by atoms with Crippen LogP contribution in [0.4, 0.5) is 0 Å². The van der Waals surface area contributed by atoms with E-state index in [4.69, 9.17) is 4.74 Å². The highest BCUT2D eigenvalue weighted by Crippen LogP contribution is 2.39. The molecular weight excluding hydrogens is 218 g/mol. The number of allylic oxidation sites excluding steroid dienone is 1. The quantitative estimate of drug-likeness (QED) is 0.682. The molecule has 1 aliphatic carbocycles. The van der Waals surface area contributed by atoms with Crippen LogP contribution in [0.3, 0.4) is 0 Å². The number of carbonyl (C=O) groups is 2. The summed E-state index contributed by atoms with van der Waals surface area (Å²) in [6.07, 6.45) is 1.99. The molecule has 3 rings (SSSR count). The van der Waals surface area contributed by atoms with Crippen LogP contribution in [0.15, 0.2) is 29.7 Å². The molecule has 1 aromatic heterocycles. The van der Waals surface area contributed by atoms with Crippen molar-refractivity contribution in [2.24, 2.45) is 0 Å². The Kier molecular flexibility index (Phi) is 1.82. The van der Waals surface area contributed by atoms with Crippen molar-refractivity contribution in [3.8, 4) is 0 Å². The van der Waals surface area contributed by atoms with Gasteiger partial charge in [-0.25, -0.2) is 0 Å². The van der Waals surface area contributed by atoms with Crippen molar-refractivity contribution in [3.63, 3.8) is 0 Å². The second-order valence-corrected chi connectivity index (χ2v) is 4.90. The molecule has 0 unspecified atom stereocenters. The van der Waals surface area contributed by atoms with Crippen LogP contribution in [0, 0.1) is 0 Å². The third kappa shape index (κ3) is 1.33. The first-order valence-corrected chi connectivity index (χ1v) is 5.46. The van der Waals surface area contributed by atoms with Gasteiger partial charge in [0.15, 0.2) is 5.76 Å². The summed E-state index contributed by atoms with van der Waals surface area (Å²) in [5.74, 6) is -0.199. The first-order valence-electron chi connectivity index (χ1n) is 5.46. The average Bonchev–Trinajstić information content (AvgIpc) is 2.63. The van der Waals surface area contributed by atoms with Gasteiger partial charge < -0.3 is 4.74 Å². The van der Waals surface area contributed by atoms with Crippen LogP contribution in [-0.4, -0.2) is 22.2 Å². The van der Waals surface area contributed by atoms with E-state index in [2.05, 4.69) is 4.98 Å². The first kappa shape index (κ1) is 10.2. The predicted octanol–water partition coefficient (Wildman–Crippen LogP) is 1.91. The van der Waals surface area contributed by atoms with Gasteiger partial charge in [-0.05, 0) is 26.0 Å². The molecule has 0 atom stereocenters. The van der Waals surface area contributed by atoms with Crippen LogP contribution in [0.25, 0.3) is 0 Å². The number of carbonyl (C=O) groups excluding carboxylic acids is 2. The summed E-state index contributed by atoms with van der Waals surface area (Å²) in [4.78, 5) is 28.3. The lowest BCUT2D eigenvalue weighted by Gasteiger charge is -2.18. The minimum atomic E-state index is -0.488. The summed E-state index contributed by atoms with van der Waals surface area (Å²) < 4.78 is 5.57. The number of Topliss-reactive ketones (excluding diaryl/α,β-unsaturated/α-hetero) is 2. The highest BCUT2D eigenvalue weighted by molar-refractivity contribution is 6.25. The lowest BCUT2D eigenvalue weighted by molar-refractivity contribution is 0.0510. The molecule has 17 heavy (non-hydrogen) atoms. The van der Waals surface area contributed by atoms with E-state index in [-0.39, 0.29) is 23.0 Å². The maximum Gasteiger partial charge on any atom is 0.230 e. The molecule has 2 heterocycles. The number of ketones is 2. The predicted molar refractivity (Wildman–Crippen MR) is 59.7 cm³/mol. The number of rotatable bonds is 0. The molecule has 4 heteroatoms. The Morgan fingerprint density at radius 1 is 1.29 bits per heavy atom. The summed E-state index contributed by atoms with van der Waals surface area (Å²) >= 11 is 0. The van der Waals surface area contributed by atoms with Gasteiger partial charge in [-0.3, -0.25) is 14.6 Å². The Morgan fingerprint density at radius 2 is 2.06 bits per heavy atom. The third-order valence-electron chi connectivity index (χ3n) is 3.00. The van der Waals surface area contributed by atoms with E-state index >= 15 is 0 Å². The lowest BCUT2D eigenvalue weighted by Crippen LogP contribution is -2.21. The molecule has 0 bridgehead atoms. The van der Waals surface area contributed by atoms with Crippen molar-refractivity contribution in [3.05, 3.63) is 40.9 Å². The molecule has 2 aliphatic rings. The van der Waals surface area contributed by atoms with Gasteiger partial charge in [0.05, 0.1) is 11.1 Å². The number of nitrogens with zero attached hydrogens (tertiary/aromatic N) is 1. The molecule has 1 aromatic rings. The van der Waals surface area contributed by atoms with Gasteiger partial charge in [0.25, 0.3) is 0 Å². The Morgan fingerprint density at radius 3 is 2.82 bits per heavy atom. The Hall–Kier alpha value is -1.97.